The van der Waals surface area contributed by atoms with Gasteiger partial charge < -0.3 is 0 Å². The van der Waals surface area contributed by atoms with Crippen LogP contribution in [0.2, 0.25) is 0 Å². The summed E-state index contributed by atoms with van der Waals surface area (Å²) in [6.45, 7) is 10.1. The van der Waals surface area contributed by atoms with Gasteiger partial charge >= 0.3 is 11.4 Å². The lowest BCUT2D eigenvalue weighted by Crippen LogP contribution is -2.38. The summed E-state index contributed by atoms with van der Waals surface area (Å²) in [6, 6.07) is 9.29. The van der Waals surface area contributed by atoms with Crippen LogP contribution in [0.3, 0.4) is 0 Å². The number of nitrogens with zero attached hydrogens (tertiary/aromatic N) is 3. The Hall–Kier alpha value is -2.82. The smallest absolute Gasteiger partial charge is 0.245 e. The number of para-hydroxylation sites is 1. The van der Waals surface area contributed by atoms with Crippen LogP contribution in [-0.2, 0) is 6.54 Å². The molecule has 0 saturated heterocycles. The fraction of sp³-hybridized carbons (Fsp3) is 0.600. The molecular weight excluding hydrogens is 494 g/mol. The quantitative estimate of drug-likeness (QED) is 0.354. The lowest BCUT2D eigenvalue weighted by atomic mass is 9.60. The van der Waals surface area contributed by atoms with Crippen LogP contribution >= 0.6 is 0 Å². The summed E-state index contributed by atoms with van der Waals surface area (Å²) in [5.74, 6) is 2.59. The third-order valence-electron chi connectivity index (χ3n) is 10.8. The lowest BCUT2D eigenvalue weighted by Gasteiger charge is -2.45. The van der Waals surface area contributed by atoms with E-state index >= 15 is 0 Å². The van der Waals surface area contributed by atoms with Gasteiger partial charge in [-0.2, -0.15) is 0 Å². The first-order chi connectivity index (χ1) is 19.3. The standard InChI is InChI=1S/C35H47N3O2/c1-24(2)12-10-13-25(3)30-19-20-31-26(15-11-21-35(30,31)4)22-32-29-18-9-8-14-27(29)23-36-33(39)37(34(40)38(32)36)28-16-6-5-7-17-28/h5-7,10,12,16-17,22,24-25,30-32H,8-9,11,13-15,18-21,23H2,1-4H3/b12-10+,26-22+/t25-,30?,31?,32?,35-/m1/s1. The minimum Gasteiger partial charge on any atom is -0.245 e. The molecule has 6 rings (SSSR count). The number of allylic oxidation sites excluding steroid dienone is 6. The molecule has 2 fully saturated rings. The SMILES string of the molecule is CC(C)/C=C/C[C@@H](C)C1CCC2/C(=C/C3C4=C(CCCC4)Cn4c(=O)n(-c5ccccc5)c(=O)n43)CCC[C@@]21C. The van der Waals surface area contributed by atoms with Gasteiger partial charge in [0.25, 0.3) is 0 Å². The number of rotatable bonds is 6. The molecule has 5 heteroatoms. The van der Waals surface area contributed by atoms with Gasteiger partial charge in [0.2, 0.25) is 0 Å². The summed E-state index contributed by atoms with van der Waals surface area (Å²) in [6.07, 6.45) is 19.0. The van der Waals surface area contributed by atoms with Gasteiger partial charge in [0.15, 0.2) is 0 Å². The van der Waals surface area contributed by atoms with Crippen molar-refractivity contribution < 1.29 is 0 Å². The number of hydrogen-bond acceptors (Lipinski definition) is 2. The number of hydrogen-bond donors (Lipinski definition) is 0. The average molecular weight is 542 g/mol. The zero-order valence-electron chi connectivity index (χ0n) is 24.9. The van der Waals surface area contributed by atoms with Crippen molar-refractivity contribution in [3.05, 3.63) is 86.2 Å². The van der Waals surface area contributed by atoms with E-state index in [1.54, 1.807) is 10.3 Å². The molecule has 2 heterocycles. The molecule has 3 unspecified atom stereocenters. The highest BCUT2D eigenvalue weighted by atomic mass is 16.2. The van der Waals surface area contributed by atoms with Crippen molar-refractivity contribution in [2.24, 2.45) is 29.1 Å². The molecule has 0 spiro atoms. The van der Waals surface area contributed by atoms with Crippen LogP contribution < -0.4 is 11.4 Å². The maximum absolute atomic E-state index is 14.0. The van der Waals surface area contributed by atoms with Crippen LogP contribution in [0.1, 0.15) is 97.9 Å². The van der Waals surface area contributed by atoms with Crippen LogP contribution in [-0.4, -0.2) is 13.9 Å². The Morgan fingerprint density at radius 1 is 0.975 bits per heavy atom. The summed E-state index contributed by atoms with van der Waals surface area (Å²) >= 11 is 0. The number of aromatic nitrogens is 3. The van der Waals surface area contributed by atoms with Crippen LogP contribution in [0, 0.1) is 29.1 Å². The minimum atomic E-state index is -0.214. The molecule has 40 heavy (non-hydrogen) atoms. The highest BCUT2D eigenvalue weighted by Gasteiger charge is 2.50. The molecule has 1 aromatic heterocycles. The van der Waals surface area contributed by atoms with Gasteiger partial charge in [-0.3, -0.25) is 0 Å². The predicted molar refractivity (Wildman–Crippen MR) is 163 cm³/mol. The van der Waals surface area contributed by atoms with E-state index in [9.17, 15) is 9.59 Å². The van der Waals surface area contributed by atoms with Crippen molar-refractivity contribution in [2.75, 3.05) is 0 Å². The summed E-state index contributed by atoms with van der Waals surface area (Å²) in [4.78, 5) is 27.7. The van der Waals surface area contributed by atoms with E-state index in [0.29, 0.717) is 35.4 Å². The Bertz CT molecular complexity index is 1450. The van der Waals surface area contributed by atoms with E-state index in [1.807, 2.05) is 35.0 Å². The molecule has 0 radical (unpaired) electrons. The van der Waals surface area contributed by atoms with Gasteiger partial charge in [-0.15, -0.1) is 0 Å². The molecule has 0 bridgehead atoms. The lowest BCUT2D eigenvalue weighted by molar-refractivity contribution is 0.0979. The first-order valence-electron chi connectivity index (χ1n) is 15.9. The normalized spacial score (nSPS) is 30.1. The second kappa shape index (κ2) is 10.9. The summed E-state index contributed by atoms with van der Waals surface area (Å²) in [5.41, 5.74) is 4.88. The third kappa shape index (κ3) is 4.63. The third-order valence-corrected chi connectivity index (χ3v) is 10.8. The maximum atomic E-state index is 14.0. The Balaban J connectivity index is 1.39. The van der Waals surface area contributed by atoms with Gasteiger partial charge in [0.05, 0.1) is 18.3 Å². The Morgan fingerprint density at radius 3 is 2.52 bits per heavy atom. The molecule has 0 amide bonds. The molecule has 2 saturated carbocycles. The summed E-state index contributed by atoms with van der Waals surface area (Å²) in [5, 5.41) is 0. The van der Waals surface area contributed by atoms with E-state index in [2.05, 4.69) is 45.9 Å². The van der Waals surface area contributed by atoms with Crippen molar-refractivity contribution >= 4 is 0 Å². The van der Waals surface area contributed by atoms with Crippen LogP contribution in [0.15, 0.2) is 74.9 Å². The fourth-order valence-corrected chi connectivity index (χ4v) is 8.88. The molecule has 5 nitrogen and oxygen atoms in total. The molecule has 214 valence electrons. The second-order valence-corrected chi connectivity index (χ2v) is 13.6. The molecule has 5 atom stereocenters. The monoisotopic (exact) mass is 541 g/mol. The van der Waals surface area contributed by atoms with E-state index in [0.717, 1.165) is 31.6 Å². The second-order valence-electron chi connectivity index (χ2n) is 13.6. The minimum absolute atomic E-state index is 0.142. The van der Waals surface area contributed by atoms with Gasteiger partial charge in [-0.05, 0) is 117 Å². The van der Waals surface area contributed by atoms with Gasteiger partial charge in [0.1, 0.15) is 0 Å². The Morgan fingerprint density at radius 2 is 1.75 bits per heavy atom. The van der Waals surface area contributed by atoms with Crippen molar-refractivity contribution in [1.29, 1.82) is 0 Å². The fourth-order valence-electron chi connectivity index (χ4n) is 8.88. The molecule has 0 N–H and O–H groups in total. The topological polar surface area (TPSA) is 48.9 Å². The summed E-state index contributed by atoms with van der Waals surface area (Å²) in [7, 11) is 0. The zero-order chi connectivity index (χ0) is 28.0. The first kappa shape index (κ1) is 27.4. The molecule has 2 aromatic rings. The van der Waals surface area contributed by atoms with E-state index in [4.69, 9.17) is 0 Å². The number of fused-ring (bicyclic) bond motifs is 2. The zero-order valence-corrected chi connectivity index (χ0v) is 24.9. The van der Waals surface area contributed by atoms with Crippen molar-refractivity contribution in [1.82, 2.24) is 13.9 Å². The van der Waals surface area contributed by atoms with Crippen molar-refractivity contribution in [2.45, 2.75) is 104 Å². The van der Waals surface area contributed by atoms with Crippen molar-refractivity contribution in [3.8, 4) is 5.69 Å². The summed E-state index contributed by atoms with van der Waals surface area (Å²) < 4.78 is 4.93. The molecular formula is C35H47N3O2. The Labute approximate surface area is 239 Å². The molecule has 1 aromatic carbocycles. The molecule has 4 aliphatic rings. The van der Waals surface area contributed by atoms with E-state index in [1.165, 1.54) is 54.2 Å². The highest BCUT2D eigenvalue weighted by Crippen LogP contribution is 2.60. The van der Waals surface area contributed by atoms with Crippen molar-refractivity contribution in [3.63, 3.8) is 0 Å². The van der Waals surface area contributed by atoms with Gasteiger partial charge in [-0.1, -0.05) is 69.7 Å². The molecule has 1 aliphatic heterocycles. The van der Waals surface area contributed by atoms with E-state index < -0.39 is 0 Å². The largest absolute Gasteiger partial charge is 0.352 e. The number of benzene rings is 1. The first-order valence-corrected chi connectivity index (χ1v) is 15.9. The van der Waals surface area contributed by atoms with Gasteiger partial charge in [-0.25, -0.2) is 23.5 Å². The Kier molecular flexibility index (Phi) is 7.43. The van der Waals surface area contributed by atoms with Crippen LogP contribution in [0.4, 0.5) is 0 Å². The highest BCUT2D eigenvalue weighted by molar-refractivity contribution is 5.34. The van der Waals surface area contributed by atoms with Crippen LogP contribution in [0.5, 0.6) is 0 Å². The van der Waals surface area contributed by atoms with Crippen LogP contribution in [0.25, 0.3) is 5.69 Å². The molecule has 3 aliphatic carbocycles. The predicted octanol–water partition coefficient (Wildman–Crippen LogP) is 7.61. The average Bonchev–Trinajstić information content (AvgIpc) is 3.42. The maximum Gasteiger partial charge on any atom is 0.352 e. The van der Waals surface area contributed by atoms with E-state index in [-0.39, 0.29) is 17.4 Å². The van der Waals surface area contributed by atoms with Gasteiger partial charge in [0, 0.05) is 0 Å².